The first-order chi connectivity index (χ1) is 10.7. The van der Waals surface area contributed by atoms with E-state index in [4.69, 9.17) is 4.74 Å². The Morgan fingerprint density at radius 2 is 1.83 bits per heavy atom. The molecule has 0 aliphatic carbocycles. The fourth-order valence-corrected chi connectivity index (χ4v) is 2.64. The summed E-state index contributed by atoms with van der Waals surface area (Å²) in [5.74, 6) is -0.188. The Hall–Kier alpha value is -1.20. The molecule has 4 nitrogen and oxygen atoms in total. The van der Waals surface area contributed by atoms with Crippen molar-refractivity contribution in [3.63, 3.8) is 0 Å². The number of esters is 1. The van der Waals surface area contributed by atoms with Crippen molar-refractivity contribution in [1.82, 2.24) is 0 Å². The summed E-state index contributed by atoms with van der Waals surface area (Å²) in [6.07, 6.45) is 1.49. The maximum Gasteiger partial charge on any atom is 0.306 e. The summed E-state index contributed by atoms with van der Waals surface area (Å²) in [6.45, 7) is 5.55. The van der Waals surface area contributed by atoms with Crippen LogP contribution in [-0.2, 0) is 16.0 Å². The van der Waals surface area contributed by atoms with Crippen LogP contribution in [-0.4, -0.2) is 34.4 Å². The van der Waals surface area contributed by atoms with E-state index in [2.05, 4.69) is 15.9 Å². The second kappa shape index (κ2) is 9.18. The van der Waals surface area contributed by atoms with E-state index in [0.29, 0.717) is 23.7 Å². The van der Waals surface area contributed by atoms with E-state index < -0.39 is 5.60 Å². The summed E-state index contributed by atoms with van der Waals surface area (Å²) in [7, 11) is 0. The topological polar surface area (TPSA) is 63.6 Å². The Labute approximate surface area is 146 Å². The zero-order valence-corrected chi connectivity index (χ0v) is 15.6. The Bertz CT molecular complexity index is 517. The van der Waals surface area contributed by atoms with E-state index in [1.165, 1.54) is 0 Å². The molecule has 0 saturated carbocycles. The predicted molar refractivity (Wildman–Crippen MR) is 93.9 cm³/mol. The minimum atomic E-state index is -0.501. The first-order valence-corrected chi connectivity index (χ1v) is 8.88. The highest BCUT2D eigenvalue weighted by Gasteiger charge is 2.20. The summed E-state index contributed by atoms with van der Waals surface area (Å²) < 4.78 is 5.35. The summed E-state index contributed by atoms with van der Waals surface area (Å²) in [4.78, 5) is 23.5. The molecule has 1 aromatic carbocycles. The van der Waals surface area contributed by atoms with Crippen molar-refractivity contribution in [2.24, 2.45) is 5.92 Å². The van der Waals surface area contributed by atoms with Gasteiger partial charge in [-0.2, -0.15) is 0 Å². The third kappa shape index (κ3) is 7.75. The van der Waals surface area contributed by atoms with Crippen LogP contribution in [0.15, 0.2) is 24.3 Å². The average molecular weight is 385 g/mol. The van der Waals surface area contributed by atoms with Gasteiger partial charge in [0.2, 0.25) is 0 Å². The lowest BCUT2D eigenvalue weighted by atomic mass is 9.92. The van der Waals surface area contributed by atoms with Crippen molar-refractivity contribution in [1.29, 1.82) is 0 Å². The van der Waals surface area contributed by atoms with Crippen LogP contribution in [0.1, 0.15) is 49.5 Å². The van der Waals surface area contributed by atoms with E-state index >= 15 is 0 Å². The van der Waals surface area contributed by atoms with Gasteiger partial charge in [0.05, 0.1) is 5.33 Å². The van der Waals surface area contributed by atoms with Crippen LogP contribution in [0, 0.1) is 5.92 Å². The number of aliphatic hydroxyl groups excluding tert-OH is 1. The van der Waals surface area contributed by atoms with Gasteiger partial charge >= 0.3 is 5.97 Å². The molecule has 1 rings (SSSR count). The monoisotopic (exact) mass is 384 g/mol. The molecule has 0 amide bonds. The zero-order chi connectivity index (χ0) is 17.5. The fraction of sp³-hybridized carbons (Fsp3) is 0.556. The molecule has 0 saturated heterocycles. The molecule has 0 aliphatic heterocycles. The van der Waals surface area contributed by atoms with Crippen LogP contribution < -0.4 is 0 Å². The average Bonchev–Trinajstić information content (AvgIpc) is 2.45. The number of carbonyl (C=O) groups is 2. The van der Waals surface area contributed by atoms with Crippen LogP contribution in [0.2, 0.25) is 0 Å². The summed E-state index contributed by atoms with van der Waals surface area (Å²) in [5.41, 5.74) is 1.20. The van der Waals surface area contributed by atoms with Crippen molar-refractivity contribution in [3.05, 3.63) is 35.4 Å². The number of hydrogen-bond acceptors (Lipinski definition) is 4. The van der Waals surface area contributed by atoms with Crippen molar-refractivity contribution in [2.45, 2.75) is 45.6 Å². The highest BCUT2D eigenvalue weighted by molar-refractivity contribution is 9.09. The minimum Gasteiger partial charge on any atom is -0.460 e. The molecule has 1 atom stereocenters. The lowest BCUT2D eigenvalue weighted by Gasteiger charge is -2.22. The number of ether oxygens (including phenoxy) is 1. The number of Topliss-reactive ketones (excluding diaryl/α,β-unsaturated/α-hetero) is 1. The second-order valence-electron chi connectivity index (χ2n) is 6.63. The van der Waals surface area contributed by atoms with Crippen LogP contribution in [0.5, 0.6) is 0 Å². The van der Waals surface area contributed by atoms with E-state index in [9.17, 15) is 14.7 Å². The molecule has 0 radical (unpaired) electrons. The molecule has 1 aromatic rings. The molecule has 0 fully saturated rings. The zero-order valence-electron chi connectivity index (χ0n) is 14.0. The number of halogens is 1. The van der Waals surface area contributed by atoms with Gasteiger partial charge in [0, 0.05) is 18.6 Å². The highest BCUT2D eigenvalue weighted by atomic mass is 79.9. The maximum atomic E-state index is 12.0. The first-order valence-electron chi connectivity index (χ1n) is 7.76. The van der Waals surface area contributed by atoms with E-state index in [1.54, 1.807) is 12.1 Å². The molecule has 128 valence electrons. The molecule has 0 spiro atoms. The molecule has 0 bridgehead atoms. The van der Waals surface area contributed by atoms with E-state index in [1.807, 2.05) is 32.9 Å². The Balaban J connectivity index is 2.68. The van der Waals surface area contributed by atoms with Gasteiger partial charge in [0.25, 0.3) is 0 Å². The quantitative estimate of drug-likeness (QED) is 0.422. The van der Waals surface area contributed by atoms with Crippen molar-refractivity contribution < 1.29 is 19.4 Å². The van der Waals surface area contributed by atoms with Gasteiger partial charge in [-0.1, -0.05) is 40.2 Å². The molecule has 1 N–H and O–H groups in total. The number of aliphatic hydroxyl groups is 1. The van der Waals surface area contributed by atoms with Gasteiger partial charge in [-0.3, -0.25) is 9.59 Å². The van der Waals surface area contributed by atoms with Gasteiger partial charge in [-0.15, -0.1) is 0 Å². The van der Waals surface area contributed by atoms with Gasteiger partial charge in [-0.05, 0) is 45.1 Å². The normalized spacial score (nSPS) is 12.7. The fourth-order valence-electron chi connectivity index (χ4n) is 2.31. The van der Waals surface area contributed by atoms with Gasteiger partial charge < -0.3 is 9.84 Å². The van der Waals surface area contributed by atoms with Crippen LogP contribution in [0.3, 0.4) is 0 Å². The van der Waals surface area contributed by atoms with Crippen molar-refractivity contribution >= 4 is 27.7 Å². The lowest BCUT2D eigenvalue weighted by molar-refractivity contribution is -0.156. The summed E-state index contributed by atoms with van der Waals surface area (Å²) in [5, 5.41) is 9.51. The third-order valence-corrected chi connectivity index (χ3v) is 3.84. The number of alkyl halides is 1. The number of ketones is 1. The highest BCUT2D eigenvalue weighted by Crippen LogP contribution is 2.19. The van der Waals surface area contributed by atoms with Gasteiger partial charge in [0.1, 0.15) is 5.60 Å². The number of rotatable bonds is 8. The van der Waals surface area contributed by atoms with Crippen molar-refractivity contribution in [3.8, 4) is 0 Å². The molecular formula is C18H25BrO4. The molecule has 0 unspecified atom stereocenters. The molecule has 0 heterocycles. The van der Waals surface area contributed by atoms with Crippen LogP contribution in [0.25, 0.3) is 0 Å². The van der Waals surface area contributed by atoms with E-state index in [0.717, 1.165) is 5.56 Å². The van der Waals surface area contributed by atoms with Gasteiger partial charge in [-0.25, -0.2) is 0 Å². The Morgan fingerprint density at radius 1 is 1.22 bits per heavy atom. The largest absolute Gasteiger partial charge is 0.460 e. The van der Waals surface area contributed by atoms with E-state index in [-0.39, 0.29) is 30.7 Å². The first kappa shape index (κ1) is 19.8. The number of hydrogen-bond donors (Lipinski definition) is 1. The van der Waals surface area contributed by atoms with Crippen LogP contribution in [0.4, 0.5) is 0 Å². The standard InChI is InChI=1S/C18H25BrO4/c1-18(2,3)23-17(22)11-14(8-9-20)10-13-4-6-15(7-5-13)16(21)12-19/h4-7,14,20H,8-12H2,1-3H3/t14-/m1/s1. The lowest BCUT2D eigenvalue weighted by Crippen LogP contribution is -2.26. The minimum absolute atomic E-state index is 0.0209. The molecule has 23 heavy (non-hydrogen) atoms. The smallest absolute Gasteiger partial charge is 0.306 e. The SMILES string of the molecule is CC(C)(C)OC(=O)C[C@H](CCO)Cc1ccc(C(=O)CBr)cc1. The summed E-state index contributed by atoms with van der Waals surface area (Å²) in [6, 6.07) is 7.38. The maximum absolute atomic E-state index is 12.0. The number of carbonyl (C=O) groups excluding carboxylic acids is 2. The summed E-state index contributed by atoms with van der Waals surface area (Å²) >= 11 is 3.15. The number of benzene rings is 1. The Morgan fingerprint density at radius 3 is 2.30 bits per heavy atom. The van der Waals surface area contributed by atoms with Crippen molar-refractivity contribution in [2.75, 3.05) is 11.9 Å². The molecule has 5 heteroatoms. The third-order valence-electron chi connectivity index (χ3n) is 3.33. The van der Waals surface area contributed by atoms with Crippen LogP contribution >= 0.6 is 15.9 Å². The van der Waals surface area contributed by atoms with Gasteiger partial charge in [0.15, 0.2) is 5.78 Å². The Kier molecular flexibility index (Phi) is 7.92. The predicted octanol–water partition coefficient (Wildman–Crippen LogP) is 3.54. The molecular weight excluding hydrogens is 360 g/mol. The second-order valence-corrected chi connectivity index (χ2v) is 7.19. The molecule has 0 aliphatic rings. The molecule has 0 aromatic heterocycles.